The van der Waals surface area contributed by atoms with Crippen LogP contribution in [0.1, 0.15) is 16.7 Å². The predicted molar refractivity (Wildman–Crippen MR) is 116 cm³/mol. The predicted octanol–water partition coefficient (Wildman–Crippen LogP) is 4.61. The van der Waals surface area contributed by atoms with Crippen LogP contribution in [0.3, 0.4) is 0 Å². The third-order valence-electron chi connectivity index (χ3n) is 3.92. The first-order valence-corrected chi connectivity index (χ1v) is 9.66. The van der Waals surface area contributed by atoms with Crippen LogP contribution in [-0.2, 0) is 13.2 Å². The van der Waals surface area contributed by atoms with Crippen LogP contribution in [-0.4, -0.2) is 12.2 Å². The summed E-state index contributed by atoms with van der Waals surface area (Å²) in [6.45, 7) is 0.804. The quantitative estimate of drug-likeness (QED) is 0.385. The zero-order valence-electron chi connectivity index (χ0n) is 15.5. The van der Waals surface area contributed by atoms with Crippen LogP contribution in [0.4, 0.5) is 4.79 Å². The molecule has 0 unspecified atom stereocenters. The van der Waals surface area contributed by atoms with Gasteiger partial charge in [-0.1, -0.05) is 60.7 Å². The topological polar surface area (TPSA) is 85.9 Å². The van der Waals surface area contributed by atoms with Gasteiger partial charge in [-0.2, -0.15) is 5.10 Å². The van der Waals surface area contributed by atoms with E-state index in [1.54, 1.807) is 6.07 Å². The number of carbonyl (C=O) groups is 1. The molecule has 0 bridgehead atoms. The van der Waals surface area contributed by atoms with Crippen molar-refractivity contribution in [3.63, 3.8) is 0 Å². The van der Waals surface area contributed by atoms with Gasteiger partial charge in [0.15, 0.2) is 0 Å². The number of primary amides is 1. The summed E-state index contributed by atoms with van der Waals surface area (Å²) in [5, 5.41) is 3.83. The van der Waals surface area contributed by atoms with Gasteiger partial charge in [-0.3, -0.25) is 0 Å². The van der Waals surface area contributed by atoms with Gasteiger partial charge in [0.1, 0.15) is 24.7 Å². The Morgan fingerprint density at radius 2 is 1.48 bits per heavy atom. The van der Waals surface area contributed by atoms with Gasteiger partial charge in [0.2, 0.25) is 0 Å². The third-order valence-corrected chi connectivity index (χ3v) is 4.54. The molecule has 0 radical (unpaired) electrons. The summed E-state index contributed by atoms with van der Waals surface area (Å²) in [7, 11) is 0. The van der Waals surface area contributed by atoms with E-state index in [0.717, 1.165) is 15.6 Å². The fraction of sp³-hybridized carbons (Fsp3) is 0.0909. The molecular weight excluding hydrogens is 434 g/mol. The van der Waals surface area contributed by atoms with Crippen molar-refractivity contribution in [2.24, 2.45) is 10.8 Å². The Morgan fingerprint density at radius 1 is 0.931 bits per heavy atom. The Morgan fingerprint density at radius 3 is 2.03 bits per heavy atom. The van der Waals surface area contributed by atoms with Crippen LogP contribution in [0.15, 0.2) is 82.4 Å². The zero-order chi connectivity index (χ0) is 20.5. The molecule has 0 saturated carbocycles. The van der Waals surface area contributed by atoms with Crippen molar-refractivity contribution in [3.05, 3.63) is 94.0 Å². The Bertz CT molecular complexity index is 979. The fourth-order valence-corrected chi connectivity index (χ4v) is 3.00. The first-order valence-electron chi connectivity index (χ1n) is 8.87. The SMILES string of the molecule is NC(=O)N/N=C/c1cc(Br)c(OCc2ccccc2)cc1OCc1ccccc1. The number of amides is 2. The van der Waals surface area contributed by atoms with Gasteiger partial charge in [-0.05, 0) is 33.1 Å². The van der Waals surface area contributed by atoms with E-state index in [2.05, 4.69) is 26.5 Å². The first-order chi connectivity index (χ1) is 14.1. The molecule has 0 aromatic heterocycles. The van der Waals surface area contributed by atoms with Crippen LogP contribution in [0, 0.1) is 0 Å². The molecule has 0 atom stereocenters. The number of carbonyl (C=O) groups excluding carboxylic acids is 1. The molecule has 2 amide bonds. The van der Waals surface area contributed by atoms with Crippen LogP contribution in [0.5, 0.6) is 11.5 Å². The van der Waals surface area contributed by atoms with E-state index in [1.165, 1.54) is 6.21 Å². The lowest BCUT2D eigenvalue weighted by molar-refractivity contribution is 0.249. The molecule has 0 heterocycles. The second kappa shape index (κ2) is 10.3. The highest BCUT2D eigenvalue weighted by molar-refractivity contribution is 9.10. The molecular formula is C22H20BrN3O3. The van der Waals surface area contributed by atoms with Crippen LogP contribution < -0.4 is 20.6 Å². The molecule has 29 heavy (non-hydrogen) atoms. The van der Waals surface area contributed by atoms with Gasteiger partial charge in [-0.25, -0.2) is 10.2 Å². The molecule has 3 N–H and O–H groups in total. The zero-order valence-corrected chi connectivity index (χ0v) is 17.1. The molecule has 6 nitrogen and oxygen atoms in total. The highest BCUT2D eigenvalue weighted by Crippen LogP contribution is 2.33. The van der Waals surface area contributed by atoms with Gasteiger partial charge in [0.25, 0.3) is 0 Å². The van der Waals surface area contributed by atoms with E-state index >= 15 is 0 Å². The van der Waals surface area contributed by atoms with Crippen molar-refractivity contribution in [2.45, 2.75) is 13.2 Å². The van der Waals surface area contributed by atoms with E-state index < -0.39 is 6.03 Å². The maximum Gasteiger partial charge on any atom is 0.332 e. The molecule has 0 saturated heterocycles. The number of nitrogens with one attached hydrogen (secondary N) is 1. The molecule has 0 aliphatic heterocycles. The van der Waals surface area contributed by atoms with Crippen LogP contribution >= 0.6 is 15.9 Å². The second-order valence-corrected chi connectivity index (χ2v) is 6.96. The largest absolute Gasteiger partial charge is 0.488 e. The maximum atomic E-state index is 10.9. The van der Waals surface area contributed by atoms with Gasteiger partial charge < -0.3 is 15.2 Å². The average molecular weight is 454 g/mol. The molecule has 3 rings (SSSR count). The van der Waals surface area contributed by atoms with Crippen molar-refractivity contribution in [3.8, 4) is 11.5 Å². The number of hydrazone groups is 1. The number of hydrogen-bond acceptors (Lipinski definition) is 4. The molecule has 0 fully saturated rings. The highest BCUT2D eigenvalue weighted by Gasteiger charge is 2.11. The minimum atomic E-state index is -0.741. The number of rotatable bonds is 8. The number of urea groups is 1. The molecule has 3 aromatic rings. The number of halogens is 1. The molecule has 3 aromatic carbocycles. The number of hydrogen-bond donors (Lipinski definition) is 2. The summed E-state index contributed by atoms with van der Waals surface area (Å²) in [6, 6.07) is 22.6. The van der Waals surface area contributed by atoms with Crippen molar-refractivity contribution >= 4 is 28.2 Å². The monoisotopic (exact) mass is 453 g/mol. The van der Waals surface area contributed by atoms with Crippen molar-refractivity contribution in [1.82, 2.24) is 5.43 Å². The van der Waals surface area contributed by atoms with Gasteiger partial charge in [0.05, 0.1) is 10.7 Å². The summed E-state index contributed by atoms with van der Waals surface area (Å²) < 4.78 is 12.7. The summed E-state index contributed by atoms with van der Waals surface area (Å²) >= 11 is 3.52. The Kier molecular flexibility index (Phi) is 7.24. The summed E-state index contributed by atoms with van der Waals surface area (Å²) in [5.74, 6) is 1.20. The molecule has 0 spiro atoms. The van der Waals surface area contributed by atoms with E-state index in [9.17, 15) is 4.79 Å². The normalized spacial score (nSPS) is 10.7. The van der Waals surface area contributed by atoms with Crippen LogP contribution in [0.25, 0.3) is 0 Å². The first kappa shape index (κ1) is 20.4. The lowest BCUT2D eigenvalue weighted by Gasteiger charge is -2.14. The minimum Gasteiger partial charge on any atom is -0.488 e. The number of nitrogens with two attached hydrogens (primary N) is 1. The van der Waals surface area contributed by atoms with E-state index in [0.29, 0.717) is 30.3 Å². The van der Waals surface area contributed by atoms with E-state index in [-0.39, 0.29) is 0 Å². The summed E-state index contributed by atoms with van der Waals surface area (Å²) in [6.07, 6.45) is 1.47. The maximum absolute atomic E-state index is 10.9. The summed E-state index contributed by atoms with van der Waals surface area (Å²) in [5.41, 5.74) is 9.98. The number of benzene rings is 3. The molecule has 148 valence electrons. The lowest BCUT2D eigenvalue weighted by atomic mass is 10.2. The Balaban J connectivity index is 1.81. The van der Waals surface area contributed by atoms with Gasteiger partial charge in [0, 0.05) is 11.6 Å². The minimum absolute atomic E-state index is 0.380. The van der Waals surface area contributed by atoms with Gasteiger partial charge in [-0.15, -0.1) is 0 Å². The van der Waals surface area contributed by atoms with Crippen molar-refractivity contribution < 1.29 is 14.3 Å². The van der Waals surface area contributed by atoms with E-state index in [4.69, 9.17) is 15.2 Å². The lowest BCUT2D eigenvalue weighted by Crippen LogP contribution is -2.24. The standard InChI is InChI=1S/C22H20BrN3O3/c23-19-11-18(13-25-26-22(24)27)20(28-14-16-7-3-1-4-8-16)12-21(19)29-15-17-9-5-2-6-10-17/h1-13H,14-15H2,(H3,24,26,27)/b25-13+. The highest BCUT2D eigenvalue weighted by atomic mass is 79.9. The van der Waals surface area contributed by atoms with E-state index in [1.807, 2.05) is 66.7 Å². The van der Waals surface area contributed by atoms with Crippen LogP contribution in [0.2, 0.25) is 0 Å². The molecule has 0 aliphatic rings. The smallest absolute Gasteiger partial charge is 0.332 e. The third kappa shape index (κ3) is 6.36. The number of nitrogens with zero attached hydrogens (tertiary/aromatic N) is 1. The second-order valence-electron chi connectivity index (χ2n) is 6.10. The van der Waals surface area contributed by atoms with Crippen molar-refractivity contribution in [1.29, 1.82) is 0 Å². The molecule has 7 heteroatoms. The Labute approximate surface area is 177 Å². The average Bonchev–Trinajstić information content (AvgIpc) is 2.73. The van der Waals surface area contributed by atoms with Gasteiger partial charge >= 0.3 is 6.03 Å². The number of ether oxygens (including phenoxy) is 2. The summed E-state index contributed by atoms with van der Waals surface area (Å²) in [4.78, 5) is 10.9. The van der Waals surface area contributed by atoms with Crippen molar-refractivity contribution in [2.75, 3.05) is 0 Å². The Hall–Kier alpha value is -3.32. The fourth-order valence-electron chi connectivity index (χ4n) is 2.52. The molecule has 0 aliphatic carbocycles.